The van der Waals surface area contributed by atoms with E-state index in [4.69, 9.17) is 0 Å². The number of allylic oxidation sites excluding steroid dienone is 2. The molecule has 0 bridgehead atoms. The van der Waals surface area contributed by atoms with Crippen molar-refractivity contribution in [3.05, 3.63) is 59.2 Å². The SMILES string of the molecule is C=C(C)C/C(CCc1ccccc1)=C(/C)C(O)CC. The fraction of sp³-hybridized carbons (Fsp3) is 0.444. The van der Waals surface area contributed by atoms with Crippen LogP contribution in [-0.2, 0) is 6.42 Å². The summed E-state index contributed by atoms with van der Waals surface area (Å²) in [5.41, 5.74) is 4.97. The molecular formula is C18H26O. The van der Waals surface area contributed by atoms with Crippen molar-refractivity contribution < 1.29 is 5.11 Å². The van der Waals surface area contributed by atoms with E-state index in [0.29, 0.717) is 0 Å². The smallest absolute Gasteiger partial charge is 0.0747 e. The van der Waals surface area contributed by atoms with Crippen LogP contribution in [0.1, 0.15) is 45.6 Å². The first-order chi connectivity index (χ1) is 9.04. The van der Waals surface area contributed by atoms with Crippen molar-refractivity contribution in [2.45, 2.75) is 52.6 Å². The Morgan fingerprint density at radius 1 is 1.21 bits per heavy atom. The highest BCUT2D eigenvalue weighted by molar-refractivity contribution is 5.23. The van der Waals surface area contributed by atoms with Crippen LogP contribution in [0, 0.1) is 0 Å². The zero-order chi connectivity index (χ0) is 14.3. The lowest BCUT2D eigenvalue weighted by atomic mass is 9.92. The van der Waals surface area contributed by atoms with Gasteiger partial charge in [0.25, 0.3) is 0 Å². The van der Waals surface area contributed by atoms with E-state index in [9.17, 15) is 5.11 Å². The number of hydrogen-bond acceptors (Lipinski definition) is 1. The Morgan fingerprint density at radius 2 is 1.84 bits per heavy atom. The first-order valence-corrected chi connectivity index (χ1v) is 7.09. The van der Waals surface area contributed by atoms with E-state index in [0.717, 1.165) is 36.8 Å². The van der Waals surface area contributed by atoms with Crippen LogP contribution in [0.2, 0.25) is 0 Å². The minimum atomic E-state index is -0.315. The Bertz CT molecular complexity index is 428. The van der Waals surface area contributed by atoms with Gasteiger partial charge < -0.3 is 5.11 Å². The number of hydrogen-bond donors (Lipinski definition) is 1. The fourth-order valence-electron chi connectivity index (χ4n) is 2.27. The summed E-state index contributed by atoms with van der Waals surface area (Å²) >= 11 is 0. The summed E-state index contributed by atoms with van der Waals surface area (Å²) in [6.07, 6.45) is 3.38. The van der Waals surface area contributed by atoms with Crippen LogP contribution in [0.25, 0.3) is 0 Å². The van der Waals surface area contributed by atoms with Gasteiger partial charge in [0.15, 0.2) is 0 Å². The molecule has 0 fully saturated rings. The second-order valence-corrected chi connectivity index (χ2v) is 5.33. The number of aryl methyl sites for hydroxylation is 1. The zero-order valence-electron chi connectivity index (χ0n) is 12.4. The molecule has 0 saturated heterocycles. The second-order valence-electron chi connectivity index (χ2n) is 5.33. The van der Waals surface area contributed by atoms with E-state index in [2.05, 4.69) is 37.8 Å². The quantitative estimate of drug-likeness (QED) is 0.704. The molecule has 1 rings (SSSR count). The van der Waals surface area contributed by atoms with Crippen LogP contribution in [-0.4, -0.2) is 11.2 Å². The molecule has 1 nitrogen and oxygen atoms in total. The third-order valence-electron chi connectivity index (χ3n) is 3.52. The van der Waals surface area contributed by atoms with Gasteiger partial charge in [-0.2, -0.15) is 0 Å². The van der Waals surface area contributed by atoms with Gasteiger partial charge in [0.1, 0.15) is 0 Å². The van der Waals surface area contributed by atoms with E-state index in [1.165, 1.54) is 11.1 Å². The highest BCUT2D eigenvalue weighted by Crippen LogP contribution is 2.23. The molecular weight excluding hydrogens is 232 g/mol. The predicted molar refractivity (Wildman–Crippen MR) is 83.2 cm³/mol. The van der Waals surface area contributed by atoms with Gasteiger partial charge >= 0.3 is 0 Å². The molecule has 0 spiro atoms. The average molecular weight is 258 g/mol. The highest BCUT2D eigenvalue weighted by atomic mass is 16.3. The van der Waals surface area contributed by atoms with Gasteiger partial charge in [-0.15, -0.1) is 0 Å². The van der Waals surface area contributed by atoms with Gasteiger partial charge in [-0.05, 0) is 50.7 Å². The zero-order valence-corrected chi connectivity index (χ0v) is 12.4. The summed E-state index contributed by atoms with van der Waals surface area (Å²) in [5, 5.41) is 10.0. The highest BCUT2D eigenvalue weighted by Gasteiger charge is 2.10. The van der Waals surface area contributed by atoms with E-state index in [1.54, 1.807) is 0 Å². The molecule has 0 heterocycles. The monoisotopic (exact) mass is 258 g/mol. The van der Waals surface area contributed by atoms with Crippen molar-refractivity contribution in [3.8, 4) is 0 Å². The van der Waals surface area contributed by atoms with E-state index in [-0.39, 0.29) is 6.10 Å². The summed E-state index contributed by atoms with van der Waals surface area (Å²) in [7, 11) is 0. The Hall–Kier alpha value is -1.34. The lowest BCUT2D eigenvalue weighted by Crippen LogP contribution is -2.09. The van der Waals surface area contributed by atoms with Gasteiger partial charge in [-0.1, -0.05) is 55.0 Å². The lowest BCUT2D eigenvalue weighted by Gasteiger charge is -2.16. The predicted octanol–water partition coefficient (Wildman–Crippen LogP) is 4.67. The van der Waals surface area contributed by atoms with Crippen LogP contribution in [0.4, 0.5) is 0 Å². The molecule has 104 valence electrons. The first-order valence-electron chi connectivity index (χ1n) is 7.09. The van der Waals surface area contributed by atoms with Gasteiger partial charge in [-0.25, -0.2) is 0 Å². The van der Waals surface area contributed by atoms with Crippen molar-refractivity contribution in [2.24, 2.45) is 0 Å². The molecule has 1 heteroatoms. The van der Waals surface area contributed by atoms with Gasteiger partial charge in [0.05, 0.1) is 6.10 Å². The summed E-state index contributed by atoms with van der Waals surface area (Å²) in [6.45, 7) is 10.1. The molecule has 1 aromatic rings. The largest absolute Gasteiger partial charge is 0.389 e. The standard InChI is InChI=1S/C18H26O/c1-5-18(19)15(4)17(13-14(2)3)12-11-16-9-7-6-8-10-16/h6-10,18-19H,2,5,11-13H2,1,3-4H3/b17-15-. The van der Waals surface area contributed by atoms with Crippen LogP contribution >= 0.6 is 0 Å². The Morgan fingerprint density at radius 3 is 2.37 bits per heavy atom. The van der Waals surface area contributed by atoms with Gasteiger partial charge in [0.2, 0.25) is 0 Å². The maximum atomic E-state index is 10.0. The molecule has 1 aromatic carbocycles. The fourth-order valence-corrected chi connectivity index (χ4v) is 2.27. The van der Waals surface area contributed by atoms with Crippen molar-refractivity contribution in [1.29, 1.82) is 0 Å². The maximum Gasteiger partial charge on any atom is 0.0747 e. The van der Waals surface area contributed by atoms with Crippen LogP contribution in [0.3, 0.4) is 0 Å². The molecule has 1 atom stereocenters. The number of aliphatic hydroxyl groups is 1. The summed E-state index contributed by atoms with van der Waals surface area (Å²) in [4.78, 5) is 0. The van der Waals surface area contributed by atoms with E-state index < -0.39 is 0 Å². The molecule has 1 N–H and O–H groups in total. The molecule has 0 radical (unpaired) electrons. The Balaban J connectivity index is 2.78. The number of aliphatic hydroxyl groups excluding tert-OH is 1. The van der Waals surface area contributed by atoms with Crippen LogP contribution < -0.4 is 0 Å². The normalized spacial score (nSPS) is 13.9. The molecule has 0 aliphatic rings. The van der Waals surface area contributed by atoms with Crippen molar-refractivity contribution in [2.75, 3.05) is 0 Å². The molecule has 1 unspecified atom stereocenters. The first kappa shape index (κ1) is 15.7. The Labute approximate surface area is 117 Å². The van der Waals surface area contributed by atoms with Crippen molar-refractivity contribution >= 4 is 0 Å². The maximum absolute atomic E-state index is 10.0. The third kappa shape index (κ3) is 5.44. The van der Waals surface area contributed by atoms with Crippen LogP contribution in [0.5, 0.6) is 0 Å². The van der Waals surface area contributed by atoms with Crippen LogP contribution in [0.15, 0.2) is 53.6 Å². The summed E-state index contributed by atoms with van der Waals surface area (Å²) in [6, 6.07) is 10.5. The topological polar surface area (TPSA) is 20.2 Å². The molecule has 0 saturated carbocycles. The molecule has 0 amide bonds. The second kappa shape index (κ2) is 7.96. The molecule has 0 aromatic heterocycles. The average Bonchev–Trinajstić information content (AvgIpc) is 2.42. The lowest BCUT2D eigenvalue weighted by molar-refractivity contribution is 0.205. The van der Waals surface area contributed by atoms with Gasteiger partial charge in [0, 0.05) is 0 Å². The molecule has 0 aliphatic heterocycles. The number of rotatable bonds is 7. The molecule has 19 heavy (non-hydrogen) atoms. The minimum Gasteiger partial charge on any atom is -0.389 e. The summed E-state index contributed by atoms with van der Waals surface area (Å²) in [5.74, 6) is 0. The summed E-state index contributed by atoms with van der Waals surface area (Å²) < 4.78 is 0. The molecule has 0 aliphatic carbocycles. The third-order valence-corrected chi connectivity index (χ3v) is 3.52. The van der Waals surface area contributed by atoms with E-state index in [1.807, 2.05) is 19.9 Å². The minimum absolute atomic E-state index is 0.315. The van der Waals surface area contributed by atoms with E-state index >= 15 is 0 Å². The van der Waals surface area contributed by atoms with Gasteiger partial charge in [-0.3, -0.25) is 0 Å². The van der Waals surface area contributed by atoms with Crippen molar-refractivity contribution in [3.63, 3.8) is 0 Å². The number of benzene rings is 1. The van der Waals surface area contributed by atoms with Crippen molar-refractivity contribution in [1.82, 2.24) is 0 Å². The Kier molecular flexibility index (Phi) is 6.58.